The average molecular weight is 513 g/mol. The van der Waals surface area contributed by atoms with Gasteiger partial charge in [0.1, 0.15) is 42.3 Å². The molecular weight excluding hydrogens is 484 g/mol. The van der Waals surface area contributed by atoms with E-state index < -0.39 is 6.10 Å². The minimum absolute atomic E-state index is 0.159. The van der Waals surface area contributed by atoms with E-state index in [1.165, 1.54) is 14.2 Å². The number of aliphatic hydroxyl groups is 1. The first-order chi connectivity index (χ1) is 18.5. The third-order valence-electron chi connectivity index (χ3n) is 5.80. The predicted molar refractivity (Wildman–Crippen MR) is 143 cm³/mol. The van der Waals surface area contributed by atoms with Crippen molar-refractivity contribution in [1.29, 1.82) is 0 Å². The van der Waals surface area contributed by atoms with Gasteiger partial charge in [0.2, 0.25) is 0 Å². The Morgan fingerprint density at radius 2 is 1.03 bits per heavy atom. The van der Waals surface area contributed by atoms with Crippen LogP contribution in [0.15, 0.2) is 97.1 Å². The van der Waals surface area contributed by atoms with Gasteiger partial charge < -0.3 is 24.1 Å². The van der Waals surface area contributed by atoms with Crippen LogP contribution in [0.25, 0.3) is 0 Å². The number of ether oxygens (including phenoxy) is 4. The molecule has 0 saturated heterocycles. The lowest BCUT2D eigenvalue weighted by atomic mass is 10.0. The topological polar surface area (TPSA) is 91.3 Å². The molecule has 0 heterocycles. The minimum Gasteiger partial charge on any atom is -0.497 e. The van der Waals surface area contributed by atoms with Crippen LogP contribution in [-0.4, -0.2) is 50.2 Å². The summed E-state index contributed by atoms with van der Waals surface area (Å²) >= 11 is 0. The molecule has 0 aliphatic carbocycles. The number of benzene rings is 4. The third kappa shape index (κ3) is 6.38. The van der Waals surface area contributed by atoms with E-state index in [2.05, 4.69) is 0 Å². The highest BCUT2D eigenvalue weighted by atomic mass is 16.5. The van der Waals surface area contributed by atoms with Crippen LogP contribution >= 0.6 is 0 Å². The summed E-state index contributed by atoms with van der Waals surface area (Å²) in [4.78, 5) is 26.1. The van der Waals surface area contributed by atoms with Crippen LogP contribution in [0, 0.1) is 0 Å². The van der Waals surface area contributed by atoms with Crippen molar-refractivity contribution in [3.8, 4) is 23.0 Å². The number of rotatable bonds is 12. The summed E-state index contributed by atoms with van der Waals surface area (Å²) in [6, 6.07) is 27.5. The van der Waals surface area contributed by atoms with Crippen molar-refractivity contribution in [2.75, 3.05) is 27.4 Å². The first-order valence-electron chi connectivity index (χ1n) is 12.0. The number of methoxy groups -OCH3 is 2. The van der Waals surface area contributed by atoms with Gasteiger partial charge in [0.15, 0.2) is 11.6 Å². The fraction of sp³-hybridized carbons (Fsp3) is 0.161. The van der Waals surface area contributed by atoms with Gasteiger partial charge in [-0.1, -0.05) is 60.7 Å². The summed E-state index contributed by atoms with van der Waals surface area (Å²) in [5, 5.41) is 10.6. The van der Waals surface area contributed by atoms with Crippen LogP contribution < -0.4 is 18.9 Å². The predicted octanol–water partition coefficient (Wildman–Crippen LogP) is 4.98. The molecule has 0 aromatic heterocycles. The summed E-state index contributed by atoms with van der Waals surface area (Å²) in [5.74, 6) is 1.15. The van der Waals surface area contributed by atoms with Gasteiger partial charge in [-0.15, -0.1) is 0 Å². The van der Waals surface area contributed by atoms with Crippen molar-refractivity contribution in [2.45, 2.75) is 6.10 Å². The molecule has 7 nitrogen and oxygen atoms in total. The molecule has 194 valence electrons. The van der Waals surface area contributed by atoms with E-state index in [0.29, 0.717) is 33.8 Å². The SMILES string of the molecule is COc1ccc(C(=O)c2ccccc2)c(OCC(O)COc2cc(OC)ccc2C(=O)c2ccccc2)c1. The average Bonchev–Trinajstić information content (AvgIpc) is 2.98. The largest absolute Gasteiger partial charge is 0.497 e. The molecule has 0 aliphatic heterocycles. The summed E-state index contributed by atoms with van der Waals surface area (Å²) in [6.07, 6.45) is -1.06. The second-order valence-electron chi connectivity index (χ2n) is 8.39. The Balaban J connectivity index is 1.47. The Bertz CT molecular complexity index is 1280. The van der Waals surface area contributed by atoms with Crippen molar-refractivity contribution in [3.63, 3.8) is 0 Å². The van der Waals surface area contributed by atoms with E-state index in [1.807, 2.05) is 12.1 Å². The Morgan fingerprint density at radius 1 is 0.632 bits per heavy atom. The van der Waals surface area contributed by atoms with Crippen LogP contribution in [-0.2, 0) is 0 Å². The van der Waals surface area contributed by atoms with E-state index in [9.17, 15) is 14.7 Å². The maximum absolute atomic E-state index is 13.0. The second kappa shape index (κ2) is 12.6. The Morgan fingerprint density at radius 3 is 1.39 bits per heavy atom. The zero-order chi connectivity index (χ0) is 26.9. The number of carbonyl (C=O) groups excluding carboxylic acids is 2. The molecular formula is C31H28O7. The number of ketones is 2. The molecule has 1 N–H and O–H groups in total. The quantitative estimate of drug-likeness (QED) is 0.268. The van der Waals surface area contributed by atoms with Crippen molar-refractivity contribution >= 4 is 11.6 Å². The van der Waals surface area contributed by atoms with Gasteiger partial charge in [0.25, 0.3) is 0 Å². The molecule has 0 aliphatic rings. The van der Waals surface area contributed by atoms with Gasteiger partial charge >= 0.3 is 0 Å². The van der Waals surface area contributed by atoms with Crippen molar-refractivity contribution in [3.05, 3.63) is 119 Å². The molecule has 4 rings (SSSR count). The van der Waals surface area contributed by atoms with Gasteiger partial charge in [0, 0.05) is 23.3 Å². The summed E-state index contributed by atoms with van der Waals surface area (Å²) in [6.45, 7) is -0.317. The fourth-order valence-electron chi connectivity index (χ4n) is 3.78. The molecule has 0 amide bonds. The Hall–Kier alpha value is -4.62. The van der Waals surface area contributed by atoms with E-state index in [-0.39, 0.29) is 36.3 Å². The molecule has 7 heteroatoms. The summed E-state index contributed by atoms with van der Waals surface area (Å²) in [5.41, 5.74) is 1.71. The number of aliphatic hydroxyl groups excluding tert-OH is 1. The van der Waals surface area contributed by atoms with Crippen LogP contribution in [0.2, 0.25) is 0 Å². The zero-order valence-electron chi connectivity index (χ0n) is 21.1. The summed E-state index contributed by atoms with van der Waals surface area (Å²) in [7, 11) is 3.03. The molecule has 0 unspecified atom stereocenters. The van der Waals surface area contributed by atoms with Crippen molar-refractivity contribution in [1.82, 2.24) is 0 Å². The Labute approximate surface area is 221 Å². The van der Waals surface area contributed by atoms with E-state index in [1.54, 1.807) is 84.9 Å². The van der Waals surface area contributed by atoms with E-state index in [4.69, 9.17) is 18.9 Å². The number of carbonyl (C=O) groups is 2. The minimum atomic E-state index is -1.06. The molecule has 38 heavy (non-hydrogen) atoms. The Kier molecular flexibility index (Phi) is 8.74. The van der Waals surface area contributed by atoms with Gasteiger partial charge in [-0.25, -0.2) is 0 Å². The molecule has 4 aromatic carbocycles. The monoisotopic (exact) mass is 512 g/mol. The number of hydrogen-bond acceptors (Lipinski definition) is 7. The lowest BCUT2D eigenvalue weighted by Crippen LogP contribution is -2.26. The fourth-order valence-corrected chi connectivity index (χ4v) is 3.78. The first-order valence-corrected chi connectivity index (χ1v) is 12.0. The lowest BCUT2D eigenvalue weighted by molar-refractivity contribution is 0.0614. The molecule has 0 spiro atoms. The third-order valence-corrected chi connectivity index (χ3v) is 5.80. The maximum Gasteiger partial charge on any atom is 0.196 e. The van der Waals surface area contributed by atoms with Gasteiger partial charge in [-0.2, -0.15) is 0 Å². The molecule has 0 radical (unpaired) electrons. The van der Waals surface area contributed by atoms with Gasteiger partial charge in [-0.3, -0.25) is 9.59 Å². The molecule has 4 aromatic rings. The standard InChI is InChI=1S/C31H28O7/c1-35-24-13-15-26(30(33)21-9-5-3-6-10-21)28(17-24)37-19-23(32)20-38-29-18-25(36-2)14-16-27(29)31(34)22-11-7-4-8-12-22/h3-18,23,32H,19-20H2,1-2H3. The summed E-state index contributed by atoms with van der Waals surface area (Å²) < 4.78 is 22.2. The van der Waals surface area contributed by atoms with Gasteiger partial charge in [0.05, 0.1) is 25.3 Å². The lowest BCUT2D eigenvalue weighted by Gasteiger charge is -2.17. The maximum atomic E-state index is 13.0. The van der Waals surface area contributed by atoms with E-state index >= 15 is 0 Å². The van der Waals surface area contributed by atoms with E-state index in [0.717, 1.165) is 0 Å². The van der Waals surface area contributed by atoms with Crippen LogP contribution in [0.1, 0.15) is 31.8 Å². The number of hydrogen-bond donors (Lipinski definition) is 1. The molecule has 0 saturated carbocycles. The van der Waals surface area contributed by atoms with Crippen LogP contribution in [0.5, 0.6) is 23.0 Å². The van der Waals surface area contributed by atoms with Crippen molar-refractivity contribution in [2.24, 2.45) is 0 Å². The van der Waals surface area contributed by atoms with Crippen LogP contribution in [0.3, 0.4) is 0 Å². The second-order valence-corrected chi connectivity index (χ2v) is 8.39. The normalized spacial score (nSPS) is 10.6. The first kappa shape index (κ1) is 26.4. The van der Waals surface area contributed by atoms with Crippen LogP contribution in [0.4, 0.5) is 0 Å². The molecule has 0 atom stereocenters. The smallest absolute Gasteiger partial charge is 0.196 e. The molecule has 0 fully saturated rings. The highest BCUT2D eigenvalue weighted by Gasteiger charge is 2.19. The highest BCUT2D eigenvalue weighted by molar-refractivity contribution is 6.11. The van der Waals surface area contributed by atoms with Crippen molar-refractivity contribution < 1.29 is 33.6 Å². The highest BCUT2D eigenvalue weighted by Crippen LogP contribution is 2.29. The zero-order valence-corrected chi connectivity index (χ0v) is 21.1. The van der Waals surface area contributed by atoms with Gasteiger partial charge in [-0.05, 0) is 24.3 Å². The molecule has 0 bridgehead atoms.